The zero-order valence-electron chi connectivity index (χ0n) is 26.5. The van der Waals surface area contributed by atoms with Crippen LogP contribution < -0.4 is 10.0 Å². The molecule has 0 aliphatic carbocycles. The smallest absolute Gasteiger partial charge is 0.407 e. The third-order valence-corrected chi connectivity index (χ3v) is 9.07. The zero-order valence-corrected chi connectivity index (χ0v) is 27.3. The molecule has 0 aromatic carbocycles. The Balaban J connectivity index is 1.56. The molecule has 0 spiro atoms. The molecule has 0 bridgehead atoms. The Labute approximate surface area is 263 Å². The Hall–Kier alpha value is -4.13. The molecule has 4 heterocycles. The predicted octanol–water partition coefficient (Wildman–Crippen LogP) is 5.66. The summed E-state index contributed by atoms with van der Waals surface area (Å²) in [6.45, 7) is 12.8. The Kier molecular flexibility index (Phi) is 9.81. The molecule has 4 rings (SSSR count). The lowest BCUT2D eigenvalue weighted by molar-refractivity contribution is 0.0976. The minimum Gasteiger partial charge on any atom is -0.465 e. The maximum Gasteiger partial charge on any atom is 0.407 e. The Bertz CT molecular complexity index is 1670. The topological polar surface area (TPSA) is 154 Å². The lowest BCUT2D eigenvalue weighted by atomic mass is 9.86. The van der Waals surface area contributed by atoms with Crippen molar-refractivity contribution in [2.24, 2.45) is 5.92 Å². The molecule has 45 heavy (non-hydrogen) atoms. The molecular formula is C32H41FN6O5S. The number of halogens is 1. The standard InChI is InChI=1S/C32H41FN6O5S/c1-31(2,3)21-14-16-34-24(18-21)23(12-10-20-15-17-39(19-20)30(41)42)35-26-8-7-9-27(37-26)45(43,44)38-29(40)22-11-13-25(32(4,5)6)36-28(22)33/h7-9,11,13-14,16,18,20,23H,10,12,15,17,19H2,1-6H3,(H,35,37)(H,38,40)(H,41,42)/t20-,23?/m0/s1. The van der Waals surface area contributed by atoms with Gasteiger partial charge in [0.15, 0.2) is 5.03 Å². The number of anilines is 1. The van der Waals surface area contributed by atoms with Gasteiger partial charge in [-0.05, 0) is 72.6 Å². The fourth-order valence-electron chi connectivity index (χ4n) is 5.12. The van der Waals surface area contributed by atoms with Gasteiger partial charge >= 0.3 is 6.09 Å². The van der Waals surface area contributed by atoms with Gasteiger partial charge < -0.3 is 15.3 Å². The minimum absolute atomic E-state index is 0.137. The summed E-state index contributed by atoms with van der Waals surface area (Å²) in [4.78, 5) is 38.3. The van der Waals surface area contributed by atoms with Crippen LogP contribution in [-0.4, -0.2) is 58.5 Å². The Morgan fingerprint density at radius 1 is 1.07 bits per heavy atom. The fraction of sp³-hybridized carbons (Fsp3) is 0.469. The van der Waals surface area contributed by atoms with Crippen molar-refractivity contribution in [3.8, 4) is 0 Å². The summed E-state index contributed by atoms with van der Waals surface area (Å²) < 4.78 is 42.9. The number of nitrogens with zero attached hydrogens (tertiary/aromatic N) is 4. The van der Waals surface area contributed by atoms with Gasteiger partial charge in [0.05, 0.1) is 17.3 Å². The van der Waals surface area contributed by atoms with E-state index in [1.807, 2.05) is 37.6 Å². The highest BCUT2D eigenvalue weighted by Gasteiger charge is 2.28. The van der Waals surface area contributed by atoms with Gasteiger partial charge in [-0.15, -0.1) is 0 Å². The summed E-state index contributed by atoms with van der Waals surface area (Å²) in [6.07, 6.45) is 2.87. The second-order valence-electron chi connectivity index (χ2n) is 13.5. The van der Waals surface area contributed by atoms with Gasteiger partial charge in [0.25, 0.3) is 15.9 Å². The minimum atomic E-state index is -4.47. The normalized spacial score (nSPS) is 16.3. The number of carboxylic acid groups (broad SMARTS) is 1. The average molecular weight is 641 g/mol. The Morgan fingerprint density at radius 2 is 1.80 bits per heavy atom. The molecule has 0 saturated carbocycles. The fourth-order valence-corrected chi connectivity index (χ4v) is 6.05. The molecule has 0 radical (unpaired) electrons. The summed E-state index contributed by atoms with van der Waals surface area (Å²) in [6, 6.07) is 10.6. The van der Waals surface area contributed by atoms with Gasteiger partial charge in [-0.1, -0.05) is 47.6 Å². The number of carbonyl (C=O) groups excluding carboxylic acids is 1. The highest BCUT2D eigenvalue weighted by atomic mass is 32.2. The highest BCUT2D eigenvalue weighted by Crippen LogP contribution is 2.31. The molecule has 3 N–H and O–H groups in total. The van der Waals surface area contributed by atoms with Gasteiger partial charge in [0.2, 0.25) is 5.95 Å². The van der Waals surface area contributed by atoms with Gasteiger partial charge in [0, 0.05) is 30.4 Å². The number of pyridine rings is 3. The quantitative estimate of drug-likeness (QED) is 0.251. The molecule has 11 nitrogen and oxygen atoms in total. The van der Waals surface area contributed by atoms with Crippen molar-refractivity contribution in [2.75, 3.05) is 18.4 Å². The largest absolute Gasteiger partial charge is 0.465 e. The average Bonchev–Trinajstić information content (AvgIpc) is 3.44. The van der Waals surface area contributed by atoms with Crippen molar-refractivity contribution in [2.45, 2.75) is 82.7 Å². The maximum absolute atomic E-state index is 14.7. The monoisotopic (exact) mass is 640 g/mol. The highest BCUT2D eigenvalue weighted by molar-refractivity contribution is 7.90. The van der Waals surface area contributed by atoms with E-state index in [4.69, 9.17) is 0 Å². The van der Waals surface area contributed by atoms with Crippen LogP contribution in [0.25, 0.3) is 0 Å². The van der Waals surface area contributed by atoms with E-state index in [1.54, 1.807) is 12.3 Å². The van der Waals surface area contributed by atoms with Crippen LogP contribution in [0.4, 0.5) is 15.0 Å². The lowest BCUT2D eigenvalue weighted by Crippen LogP contribution is -2.32. The number of amides is 2. The number of likely N-dealkylation sites (tertiary alicyclic amines) is 1. The third kappa shape index (κ3) is 8.53. The van der Waals surface area contributed by atoms with Crippen molar-refractivity contribution < 1.29 is 27.5 Å². The van der Waals surface area contributed by atoms with Gasteiger partial charge in [-0.2, -0.15) is 12.8 Å². The molecule has 3 aromatic heterocycles. The van der Waals surface area contributed by atoms with Crippen LogP contribution >= 0.6 is 0 Å². The SMILES string of the molecule is CC(C)(C)c1ccnc(C(CC[C@H]2CCN(C(=O)O)C2)Nc2cccc(S(=O)(=O)NC(=O)c3ccc(C(C)(C)C)nc3F)n2)c1. The summed E-state index contributed by atoms with van der Waals surface area (Å²) in [5, 5.41) is 12.2. The molecule has 1 aliphatic rings. The van der Waals surface area contributed by atoms with Crippen LogP contribution in [0.2, 0.25) is 0 Å². The zero-order chi connectivity index (χ0) is 33.2. The Morgan fingerprint density at radius 3 is 2.42 bits per heavy atom. The van der Waals surface area contributed by atoms with Crippen molar-refractivity contribution in [3.05, 3.63) is 77.1 Å². The molecule has 242 valence electrons. The van der Waals surface area contributed by atoms with Crippen molar-refractivity contribution in [3.63, 3.8) is 0 Å². The summed E-state index contributed by atoms with van der Waals surface area (Å²) >= 11 is 0. The van der Waals surface area contributed by atoms with Crippen molar-refractivity contribution in [1.29, 1.82) is 0 Å². The first-order chi connectivity index (χ1) is 20.9. The number of hydrogen-bond donors (Lipinski definition) is 3. The maximum atomic E-state index is 14.7. The van der Waals surface area contributed by atoms with E-state index in [0.717, 1.165) is 17.7 Å². The van der Waals surface area contributed by atoms with Crippen LogP contribution in [0.5, 0.6) is 0 Å². The summed E-state index contributed by atoms with van der Waals surface area (Å²) in [5.74, 6) is -1.81. The van der Waals surface area contributed by atoms with E-state index >= 15 is 0 Å². The van der Waals surface area contributed by atoms with Gasteiger partial charge in [-0.25, -0.2) is 19.5 Å². The predicted molar refractivity (Wildman–Crippen MR) is 168 cm³/mol. The van der Waals surface area contributed by atoms with E-state index in [2.05, 4.69) is 41.0 Å². The second kappa shape index (κ2) is 13.1. The summed E-state index contributed by atoms with van der Waals surface area (Å²) in [5.41, 5.74) is 1.13. The molecule has 3 aromatic rings. The number of aromatic nitrogens is 3. The molecule has 1 fully saturated rings. The number of nitrogens with one attached hydrogen (secondary N) is 2. The molecule has 13 heteroatoms. The molecule has 2 atom stereocenters. The van der Waals surface area contributed by atoms with E-state index in [1.165, 1.54) is 29.2 Å². The number of carbonyl (C=O) groups is 2. The second-order valence-corrected chi connectivity index (χ2v) is 15.1. The first kappa shape index (κ1) is 33.8. The van der Waals surface area contributed by atoms with Gasteiger partial charge in [-0.3, -0.25) is 9.78 Å². The third-order valence-electron chi connectivity index (χ3n) is 7.83. The van der Waals surface area contributed by atoms with Crippen molar-refractivity contribution >= 4 is 27.8 Å². The molecule has 1 unspecified atom stereocenters. The first-order valence-corrected chi connectivity index (χ1v) is 16.3. The van der Waals surface area contributed by atoms with Crippen LogP contribution in [0, 0.1) is 11.9 Å². The number of sulfonamides is 1. The van der Waals surface area contributed by atoms with Crippen molar-refractivity contribution in [1.82, 2.24) is 24.6 Å². The number of rotatable bonds is 9. The molecule has 2 amide bonds. The summed E-state index contributed by atoms with van der Waals surface area (Å²) in [7, 11) is -4.47. The molecular weight excluding hydrogens is 599 g/mol. The first-order valence-electron chi connectivity index (χ1n) is 14.9. The van der Waals surface area contributed by atoms with Crippen LogP contribution in [0.3, 0.4) is 0 Å². The lowest BCUT2D eigenvalue weighted by Gasteiger charge is -2.24. The van der Waals surface area contributed by atoms with E-state index in [0.29, 0.717) is 31.6 Å². The van der Waals surface area contributed by atoms with Gasteiger partial charge in [0.1, 0.15) is 5.82 Å². The van der Waals surface area contributed by atoms with E-state index < -0.39 is 44.0 Å². The molecule has 1 saturated heterocycles. The van der Waals surface area contributed by atoms with Crippen LogP contribution in [-0.2, 0) is 20.9 Å². The number of hydrogen-bond acceptors (Lipinski definition) is 8. The molecule has 1 aliphatic heterocycles. The van der Waals surface area contributed by atoms with E-state index in [9.17, 15) is 27.5 Å². The van der Waals surface area contributed by atoms with Crippen LogP contribution in [0.1, 0.15) is 94.2 Å². The van der Waals surface area contributed by atoms with Crippen LogP contribution in [0.15, 0.2) is 53.7 Å². The van der Waals surface area contributed by atoms with E-state index in [-0.39, 0.29) is 23.2 Å².